The van der Waals surface area contributed by atoms with E-state index in [1.165, 1.54) is 24.3 Å². The summed E-state index contributed by atoms with van der Waals surface area (Å²) >= 11 is 20.9. The largest absolute Gasteiger partial charge is 0.858 e. The fraction of sp³-hybridized carbons (Fsp3) is 0.360. The Balaban J connectivity index is 1.72. The molecule has 1 aliphatic rings. The van der Waals surface area contributed by atoms with E-state index < -0.39 is 42.5 Å². The lowest BCUT2D eigenvalue weighted by Crippen LogP contribution is -2.41. The highest BCUT2D eigenvalue weighted by Gasteiger charge is 2.39. The van der Waals surface area contributed by atoms with E-state index in [2.05, 4.69) is 20.9 Å². The molecule has 1 unspecified atom stereocenters. The molecule has 14 heteroatoms. The zero-order valence-electron chi connectivity index (χ0n) is 19.7. The number of nitrogens with zero attached hydrogens (tertiary/aromatic N) is 2. The molecule has 1 heterocycles. The number of hydrogen-bond donors (Lipinski definition) is 0. The van der Waals surface area contributed by atoms with Gasteiger partial charge in [0.1, 0.15) is 6.42 Å². The van der Waals surface area contributed by atoms with Crippen molar-refractivity contribution in [3.63, 3.8) is 0 Å². The minimum absolute atomic E-state index is 0.0473. The smallest absolute Gasteiger partial charge is 0.399 e. The van der Waals surface area contributed by atoms with E-state index in [0.29, 0.717) is 5.56 Å². The SMILES string of the molecule is O=C(CC(F)(F)F)N1CCC(N=C([O-])c2ccc(/C=C/C(c3cc(Cl)c(Cl)c(Cl)c3)C(F)(F)F)cc2Br)CC1. The quantitative estimate of drug-likeness (QED) is 0.135. The van der Waals surface area contributed by atoms with Crippen LogP contribution < -0.4 is 5.11 Å². The van der Waals surface area contributed by atoms with Gasteiger partial charge in [0.15, 0.2) is 0 Å². The van der Waals surface area contributed by atoms with Crippen molar-refractivity contribution in [1.82, 2.24) is 4.90 Å². The zero-order valence-corrected chi connectivity index (χ0v) is 23.6. The molecule has 0 aromatic heterocycles. The van der Waals surface area contributed by atoms with Crippen LogP contribution in [0.25, 0.3) is 6.08 Å². The Morgan fingerprint density at radius 3 is 2.18 bits per heavy atom. The average molecular weight is 680 g/mol. The Labute approximate surface area is 243 Å². The second kappa shape index (κ2) is 12.7. The average Bonchev–Trinajstić information content (AvgIpc) is 2.81. The maximum absolute atomic E-state index is 13.8. The van der Waals surface area contributed by atoms with Crippen LogP contribution in [0.2, 0.25) is 15.1 Å². The number of halogens is 10. The molecule has 0 bridgehead atoms. The predicted octanol–water partition coefficient (Wildman–Crippen LogP) is 7.82. The summed E-state index contributed by atoms with van der Waals surface area (Å²) in [6, 6.07) is 5.99. The van der Waals surface area contributed by atoms with Crippen LogP contribution in [0.1, 0.15) is 41.9 Å². The first-order valence-electron chi connectivity index (χ1n) is 11.3. The fourth-order valence-electron chi connectivity index (χ4n) is 3.94. The molecule has 1 amide bonds. The Morgan fingerprint density at radius 1 is 1.08 bits per heavy atom. The number of allylic oxidation sites excluding steroid dienone is 1. The van der Waals surface area contributed by atoms with Crippen LogP contribution >= 0.6 is 50.7 Å². The molecular weight excluding hydrogens is 661 g/mol. The highest BCUT2D eigenvalue weighted by Crippen LogP contribution is 2.41. The molecule has 2 aromatic rings. The fourth-order valence-corrected chi connectivity index (χ4v) is 5.12. The van der Waals surface area contributed by atoms with Crippen molar-refractivity contribution in [3.8, 4) is 0 Å². The minimum Gasteiger partial charge on any atom is -0.858 e. The number of aliphatic imine (C=N–C) groups is 1. The highest BCUT2D eigenvalue weighted by atomic mass is 79.9. The summed E-state index contributed by atoms with van der Waals surface area (Å²) in [6.07, 6.45) is -8.17. The van der Waals surface area contributed by atoms with E-state index in [0.717, 1.165) is 23.1 Å². The van der Waals surface area contributed by atoms with E-state index in [-0.39, 0.29) is 56.6 Å². The second-order valence-corrected chi connectivity index (χ2v) is 10.8. The maximum atomic E-state index is 13.8. The Kier molecular flexibility index (Phi) is 10.3. The van der Waals surface area contributed by atoms with Crippen LogP contribution in [0.3, 0.4) is 0 Å². The lowest BCUT2D eigenvalue weighted by molar-refractivity contribution is -0.213. The van der Waals surface area contributed by atoms with E-state index in [1.807, 2.05) is 0 Å². The number of carbonyl (C=O) groups is 1. The molecule has 1 saturated heterocycles. The molecule has 1 aliphatic heterocycles. The van der Waals surface area contributed by atoms with Crippen LogP contribution in [0.4, 0.5) is 26.3 Å². The molecule has 4 nitrogen and oxygen atoms in total. The van der Waals surface area contributed by atoms with Crippen molar-refractivity contribution >= 4 is 68.6 Å². The van der Waals surface area contributed by atoms with Crippen molar-refractivity contribution in [3.05, 3.63) is 72.6 Å². The van der Waals surface area contributed by atoms with Crippen LogP contribution in [0.15, 0.2) is 45.9 Å². The van der Waals surface area contributed by atoms with Gasteiger partial charge in [0, 0.05) is 17.6 Å². The minimum atomic E-state index is -4.66. The first kappa shape index (κ1) is 31.6. The Hall–Kier alpha value is -1.95. The number of alkyl halides is 6. The number of hydrogen-bond acceptors (Lipinski definition) is 3. The van der Waals surface area contributed by atoms with Crippen LogP contribution in [-0.4, -0.2) is 48.2 Å². The molecule has 0 N–H and O–H groups in total. The maximum Gasteiger partial charge on any atom is 0.399 e. The summed E-state index contributed by atoms with van der Waals surface area (Å²) in [5.41, 5.74) is 0.315. The third kappa shape index (κ3) is 8.77. The third-order valence-electron chi connectivity index (χ3n) is 5.89. The van der Waals surface area contributed by atoms with Crippen molar-refractivity contribution in [2.24, 2.45) is 4.99 Å². The lowest BCUT2D eigenvalue weighted by atomic mass is 9.97. The van der Waals surface area contributed by atoms with Gasteiger partial charge in [-0.25, -0.2) is 0 Å². The topological polar surface area (TPSA) is 55.7 Å². The summed E-state index contributed by atoms with van der Waals surface area (Å²) < 4.78 is 78.9. The molecular formula is C25H19BrCl3F6N2O2-. The number of piperidine rings is 1. The van der Waals surface area contributed by atoms with E-state index in [4.69, 9.17) is 34.8 Å². The van der Waals surface area contributed by atoms with Crippen molar-refractivity contribution in [2.45, 2.75) is 43.6 Å². The summed E-state index contributed by atoms with van der Waals surface area (Å²) in [4.78, 5) is 16.9. The van der Waals surface area contributed by atoms with Crippen LogP contribution in [0, 0.1) is 0 Å². The highest BCUT2D eigenvalue weighted by molar-refractivity contribution is 9.10. The number of benzene rings is 2. The van der Waals surface area contributed by atoms with Gasteiger partial charge in [0.2, 0.25) is 5.91 Å². The van der Waals surface area contributed by atoms with Gasteiger partial charge in [-0.3, -0.25) is 9.79 Å². The van der Waals surface area contributed by atoms with Crippen molar-refractivity contribution in [1.29, 1.82) is 0 Å². The molecule has 1 atom stereocenters. The molecule has 212 valence electrons. The lowest BCUT2D eigenvalue weighted by Gasteiger charge is -2.31. The third-order valence-corrected chi connectivity index (χ3v) is 7.74. The molecule has 3 rings (SSSR count). The molecule has 0 saturated carbocycles. The van der Waals surface area contributed by atoms with Crippen LogP contribution in [-0.2, 0) is 4.79 Å². The summed E-state index contributed by atoms with van der Waals surface area (Å²) in [7, 11) is 0. The van der Waals surface area contributed by atoms with Gasteiger partial charge in [0.05, 0.1) is 27.0 Å². The summed E-state index contributed by atoms with van der Waals surface area (Å²) in [5, 5.41) is 12.4. The summed E-state index contributed by atoms with van der Waals surface area (Å²) in [5.74, 6) is -3.65. The summed E-state index contributed by atoms with van der Waals surface area (Å²) in [6.45, 7) is 0.0946. The molecule has 39 heavy (non-hydrogen) atoms. The molecule has 0 radical (unpaired) electrons. The Bertz CT molecular complexity index is 1250. The van der Waals surface area contributed by atoms with Gasteiger partial charge in [-0.1, -0.05) is 75.0 Å². The molecule has 1 fully saturated rings. The predicted molar refractivity (Wildman–Crippen MR) is 140 cm³/mol. The number of rotatable bonds is 6. The van der Waals surface area contributed by atoms with Gasteiger partial charge < -0.3 is 10.0 Å². The first-order valence-corrected chi connectivity index (χ1v) is 13.3. The monoisotopic (exact) mass is 677 g/mol. The van der Waals surface area contributed by atoms with Crippen molar-refractivity contribution in [2.75, 3.05) is 13.1 Å². The van der Waals surface area contributed by atoms with Crippen molar-refractivity contribution < 1.29 is 36.2 Å². The first-order chi connectivity index (χ1) is 18.0. The normalized spacial score (nSPS) is 16.7. The molecule has 0 aliphatic carbocycles. The van der Waals surface area contributed by atoms with Gasteiger partial charge in [-0.15, -0.1) is 0 Å². The molecule has 0 spiro atoms. The van der Waals surface area contributed by atoms with Crippen LogP contribution in [0.5, 0.6) is 0 Å². The van der Waals surface area contributed by atoms with Gasteiger partial charge in [0.25, 0.3) is 0 Å². The van der Waals surface area contributed by atoms with E-state index in [1.54, 1.807) is 0 Å². The van der Waals surface area contributed by atoms with Gasteiger partial charge >= 0.3 is 12.4 Å². The van der Waals surface area contributed by atoms with E-state index in [9.17, 15) is 36.2 Å². The van der Waals surface area contributed by atoms with Gasteiger partial charge in [-0.2, -0.15) is 26.3 Å². The molecule has 2 aromatic carbocycles. The van der Waals surface area contributed by atoms with E-state index >= 15 is 0 Å². The van der Waals surface area contributed by atoms with Gasteiger partial charge in [-0.05, 0) is 53.6 Å². The zero-order chi connectivity index (χ0) is 29.1. The Morgan fingerprint density at radius 2 is 1.67 bits per heavy atom. The number of carbonyl (C=O) groups excluding carboxylic acids is 1. The second-order valence-electron chi connectivity index (χ2n) is 8.75. The number of likely N-dealkylation sites (tertiary alicyclic amines) is 1. The standard InChI is InChI=1S/C25H20BrCl3F6N2O2/c26-18-9-13(2-4-17(25(33,34)35)14-10-19(27)22(29)20(28)11-14)1-3-16(18)23(39)36-15-5-7-37(8-6-15)21(38)12-24(30,31)32/h1-4,9-11,15,17H,5-8,12H2,(H,36,39)/p-1/b4-2+. The number of amides is 1.